The molecule has 0 spiro atoms. The summed E-state index contributed by atoms with van der Waals surface area (Å²) in [6.07, 6.45) is 0.613. The molecule has 0 aliphatic carbocycles. The van der Waals surface area contributed by atoms with Crippen LogP contribution >= 0.6 is 0 Å². The number of benzene rings is 1. The van der Waals surface area contributed by atoms with Gasteiger partial charge < -0.3 is 15.4 Å². The highest BCUT2D eigenvalue weighted by molar-refractivity contribution is 5.88. The molecule has 3 N–H and O–H groups in total. The summed E-state index contributed by atoms with van der Waals surface area (Å²) in [6.45, 7) is 11.7. The van der Waals surface area contributed by atoms with Crippen LogP contribution in [-0.2, 0) is 13.5 Å². The van der Waals surface area contributed by atoms with Crippen molar-refractivity contribution in [3.8, 4) is 0 Å². The zero-order chi connectivity index (χ0) is 15.4. The molecule has 0 amide bonds. The average Bonchev–Trinajstić information content (AvgIpc) is 2.67. The first-order chi connectivity index (χ1) is 9.43. The molecule has 110 valence electrons. The summed E-state index contributed by atoms with van der Waals surface area (Å²) >= 11 is 0. The SMILES string of the molecule is C=C(O)C(N)Cc1c(C)n(C)c2c(C)cccc12.CC. The van der Waals surface area contributed by atoms with Crippen LogP contribution in [0.25, 0.3) is 10.9 Å². The number of rotatable bonds is 3. The van der Waals surface area contributed by atoms with Crippen LogP contribution < -0.4 is 5.73 Å². The van der Waals surface area contributed by atoms with Gasteiger partial charge in [0.05, 0.1) is 11.6 Å². The quantitative estimate of drug-likeness (QED) is 0.837. The van der Waals surface area contributed by atoms with Crippen molar-refractivity contribution in [3.05, 3.63) is 47.4 Å². The van der Waals surface area contributed by atoms with Crippen LogP contribution in [0.3, 0.4) is 0 Å². The normalized spacial score (nSPS) is 11.9. The molecule has 0 aliphatic rings. The monoisotopic (exact) mass is 274 g/mol. The molecule has 0 saturated heterocycles. The van der Waals surface area contributed by atoms with Crippen molar-refractivity contribution >= 4 is 10.9 Å². The molecule has 1 unspecified atom stereocenters. The second-order valence-electron chi connectivity index (χ2n) is 4.90. The third-order valence-electron chi connectivity index (χ3n) is 3.69. The van der Waals surface area contributed by atoms with Crippen molar-refractivity contribution in [3.63, 3.8) is 0 Å². The smallest absolute Gasteiger partial charge is 0.102 e. The zero-order valence-corrected chi connectivity index (χ0v) is 13.2. The summed E-state index contributed by atoms with van der Waals surface area (Å²) in [6, 6.07) is 5.86. The first kappa shape index (κ1) is 16.3. The van der Waals surface area contributed by atoms with Gasteiger partial charge in [0.2, 0.25) is 0 Å². The van der Waals surface area contributed by atoms with Crippen LogP contribution in [0.4, 0.5) is 0 Å². The molecule has 1 aromatic heterocycles. The molecule has 0 fully saturated rings. The predicted octanol–water partition coefficient (Wildman–Crippen LogP) is 3.76. The molecular formula is C17H26N2O. The van der Waals surface area contributed by atoms with E-state index in [1.807, 2.05) is 13.8 Å². The minimum atomic E-state index is -0.408. The lowest BCUT2D eigenvalue weighted by atomic mass is 10.0. The number of hydrogen-bond acceptors (Lipinski definition) is 2. The Morgan fingerprint density at radius 2 is 1.95 bits per heavy atom. The topological polar surface area (TPSA) is 51.2 Å². The lowest BCUT2D eigenvalue weighted by Gasteiger charge is -2.10. The van der Waals surface area contributed by atoms with Crippen LogP contribution in [0.5, 0.6) is 0 Å². The van der Waals surface area contributed by atoms with E-state index in [9.17, 15) is 5.11 Å². The first-order valence-electron chi connectivity index (χ1n) is 7.10. The second kappa shape index (κ2) is 6.62. The molecule has 3 heteroatoms. The summed E-state index contributed by atoms with van der Waals surface area (Å²) in [7, 11) is 2.06. The Bertz CT molecular complexity index is 611. The van der Waals surface area contributed by atoms with Gasteiger partial charge in [-0.2, -0.15) is 0 Å². The summed E-state index contributed by atoms with van der Waals surface area (Å²) in [5.74, 6) is 0.0408. The molecule has 0 bridgehead atoms. The second-order valence-corrected chi connectivity index (χ2v) is 4.90. The minimum Gasteiger partial charge on any atom is -0.511 e. The first-order valence-corrected chi connectivity index (χ1v) is 7.10. The maximum Gasteiger partial charge on any atom is 0.102 e. The standard InChI is InChI=1S/C15H20N2O.C2H6/c1-9-6-5-7-12-13(8-14(16)11(3)18)10(2)17(4)15(9)12;1-2/h5-7,14,18H,3,8,16H2,1-2,4H3;1-2H3. The lowest BCUT2D eigenvalue weighted by molar-refractivity contribution is 0.368. The van der Waals surface area contributed by atoms with Gasteiger partial charge in [-0.25, -0.2) is 0 Å². The summed E-state index contributed by atoms with van der Waals surface area (Å²) < 4.78 is 2.19. The Kier molecular flexibility index (Phi) is 5.40. The van der Waals surface area contributed by atoms with E-state index >= 15 is 0 Å². The number of para-hydroxylation sites is 1. The van der Waals surface area contributed by atoms with Gasteiger partial charge in [0.25, 0.3) is 0 Å². The third kappa shape index (κ3) is 2.88. The van der Waals surface area contributed by atoms with E-state index in [4.69, 9.17) is 5.73 Å². The van der Waals surface area contributed by atoms with Crippen molar-refractivity contribution in [2.24, 2.45) is 12.8 Å². The molecule has 3 nitrogen and oxygen atoms in total. The van der Waals surface area contributed by atoms with Crippen molar-refractivity contribution in [1.82, 2.24) is 4.57 Å². The molecule has 1 atom stereocenters. The fourth-order valence-electron chi connectivity index (χ4n) is 2.51. The van der Waals surface area contributed by atoms with Gasteiger partial charge in [-0.3, -0.25) is 0 Å². The van der Waals surface area contributed by atoms with E-state index in [1.54, 1.807) is 0 Å². The fourth-order valence-corrected chi connectivity index (χ4v) is 2.51. The highest BCUT2D eigenvalue weighted by Crippen LogP contribution is 2.28. The van der Waals surface area contributed by atoms with Crippen molar-refractivity contribution in [1.29, 1.82) is 0 Å². The Morgan fingerprint density at radius 3 is 2.50 bits per heavy atom. The van der Waals surface area contributed by atoms with Gasteiger partial charge in [0, 0.05) is 18.1 Å². The molecule has 0 saturated carbocycles. The number of fused-ring (bicyclic) bond motifs is 1. The molecule has 0 aliphatic heterocycles. The maximum absolute atomic E-state index is 9.38. The van der Waals surface area contributed by atoms with Crippen LogP contribution in [0.15, 0.2) is 30.5 Å². The number of hydrogen-bond donors (Lipinski definition) is 2. The molecular weight excluding hydrogens is 248 g/mol. The van der Waals surface area contributed by atoms with Crippen LogP contribution in [-0.4, -0.2) is 15.7 Å². The van der Waals surface area contributed by atoms with E-state index in [-0.39, 0.29) is 5.76 Å². The van der Waals surface area contributed by atoms with E-state index < -0.39 is 6.04 Å². The van der Waals surface area contributed by atoms with Gasteiger partial charge in [0.15, 0.2) is 0 Å². The Hall–Kier alpha value is -1.74. The molecule has 1 aromatic carbocycles. The number of aliphatic hydroxyl groups is 1. The fraction of sp³-hybridized carbons (Fsp3) is 0.412. The largest absolute Gasteiger partial charge is 0.511 e. The van der Waals surface area contributed by atoms with Crippen LogP contribution in [0.2, 0.25) is 0 Å². The van der Waals surface area contributed by atoms with Gasteiger partial charge >= 0.3 is 0 Å². The number of aliphatic hydroxyl groups excluding tert-OH is 1. The Balaban J connectivity index is 0.000000956. The zero-order valence-electron chi connectivity index (χ0n) is 13.2. The van der Waals surface area contributed by atoms with Crippen molar-refractivity contribution < 1.29 is 5.11 Å². The number of aryl methyl sites for hydroxylation is 2. The van der Waals surface area contributed by atoms with Crippen molar-refractivity contribution in [2.45, 2.75) is 40.2 Å². The predicted molar refractivity (Wildman–Crippen MR) is 87.2 cm³/mol. The molecule has 2 rings (SSSR count). The maximum atomic E-state index is 9.38. The highest BCUT2D eigenvalue weighted by atomic mass is 16.3. The van der Waals surface area contributed by atoms with Gasteiger partial charge in [-0.15, -0.1) is 0 Å². The van der Waals surface area contributed by atoms with Gasteiger partial charge in [-0.1, -0.05) is 38.6 Å². The van der Waals surface area contributed by atoms with Crippen LogP contribution in [0, 0.1) is 13.8 Å². The molecule has 1 heterocycles. The van der Waals surface area contributed by atoms with E-state index in [0.29, 0.717) is 6.42 Å². The Labute approximate surface area is 121 Å². The van der Waals surface area contributed by atoms with E-state index in [1.165, 1.54) is 27.7 Å². The van der Waals surface area contributed by atoms with Gasteiger partial charge in [0.1, 0.15) is 5.76 Å². The molecule has 0 radical (unpaired) electrons. The number of aromatic nitrogens is 1. The average molecular weight is 274 g/mol. The summed E-state index contributed by atoms with van der Waals surface area (Å²) in [5, 5.41) is 10.6. The number of nitrogens with zero attached hydrogens (tertiary/aromatic N) is 1. The summed E-state index contributed by atoms with van der Waals surface area (Å²) in [5.41, 5.74) is 10.8. The third-order valence-corrected chi connectivity index (χ3v) is 3.69. The van der Waals surface area contributed by atoms with Crippen LogP contribution in [0.1, 0.15) is 30.7 Å². The summed E-state index contributed by atoms with van der Waals surface area (Å²) in [4.78, 5) is 0. The lowest BCUT2D eigenvalue weighted by Crippen LogP contribution is -2.25. The van der Waals surface area contributed by atoms with E-state index in [2.05, 4.69) is 50.2 Å². The van der Waals surface area contributed by atoms with Crippen molar-refractivity contribution in [2.75, 3.05) is 0 Å². The van der Waals surface area contributed by atoms with E-state index in [0.717, 1.165) is 0 Å². The highest BCUT2D eigenvalue weighted by Gasteiger charge is 2.16. The molecule has 2 aromatic rings. The Morgan fingerprint density at radius 1 is 1.35 bits per heavy atom. The number of nitrogens with two attached hydrogens (primary N) is 1. The minimum absolute atomic E-state index is 0.0408. The van der Waals surface area contributed by atoms with Gasteiger partial charge in [-0.05, 0) is 31.4 Å². The molecule has 20 heavy (non-hydrogen) atoms.